The van der Waals surface area contributed by atoms with Gasteiger partial charge in [-0.3, -0.25) is 0 Å². The van der Waals surface area contributed by atoms with Crippen molar-refractivity contribution in [2.75, 3.05) is 25.4 Å². The summed E-state index contributed by atoms with van der Waals surface area (Å²) in [5, 5.41) is -2.13. The van der Waals surface area contributed by atoms with Crippen LogP contribution in [0.2, 0.25) is 0 Å². The van der Waals surface area contributed by atoms with Gasteiger partial charge < -0.3 is 4.90 Å². The number of rotatable bonds is 6. The highest BCUT2D eigenvalue weighted by atomic mass is 32.2. The number of hydrogen-bond acceptors (Lipinski definition) is 3. The van der Waals surface area contributed by atoms with Crippen molar-refractivity contribution in [1.29, 1.82) is 0 Å². The summed E-state index contributed by atoms with van der Waals surface area (Å²) in [5.41, 5.74) is 1.01. The van der Waals surface area contributed by atoms with Crippen molar-refractivity contribution < 1.29 is 21.6 Å². The average Bonchev–Trinajstić information content (AvgIpc) is 2.70. The molecular formula is C22H26F3NO2S. The largest absolute Gasteiger partial charge is 0.303 e. The van der Waals surface area contributed by atoms with Gasteiger partial charge in [-0.2, -0.15) is 0 Å². The topological polar surface area (TPSA) is 37.4 Å². The molecule has 29 heavy (non-hydrogen) atoms. The van der Waals surface area contributed by atoms with E-state index in [9.17, 15) is 21.6 Å². The molecule has 2 aromatic carbocycles. The first-order valence-electron chi connectivity index (χ1n) is 9.45. The summed E-state index contributed by atoms with van der Waals surface area (Å²) in [4.78, 5) is 2.05. The number of nitrogens with zero attached hydrogens (tertiary/aromatic N) is 1. The molecule has 3 rings (SSSR count). The Morgan fingerprint density at radius 3 is 2.00 bits per heavy atom. The number of hydrogen-bond donors (Lipinski definition) is 0. The maximum absolute atomic E-state index is 14.6. The Bertz CT molecular complexity index is 863. The Morgan fingerprint density at radius 1 is 0.966 bits per heavy atom. The fourth-order valence-corrected chi connectivity index (χ4v) is 4.49. The number of likely N-dealkylation sites (tertiary alicyclic amines) is 1. The van der Waals surface area contributed by atoms with Crippen LogP contribution in [0.15, 0.2) is 67.3 Å². The van der Waals surface area contributed by atoms with Gasteiger partial charge in [0, 0.05) is 32.5 Å². The fourth-order valence-electron chi connectivity index (χ4n) is 3.08. The predicted octanol–water partition coefficient (Wildman–Crippen LogP) is 4.56. The van der Waals surface area contributed by atoms with Gasteiger partial charge in [-0.15, -0.1) is 6.58 Å². The van der Waals surface area contributed by atoms with E-state index in [-0.39, 0.29) is 30.2 Å². The number of piperidine rings is 1. The molecule has 0 radical (unpaired) electrons. The molecule has 0 unspecified atom stereocenters. The number of benzene rings is 2. The molecule has 1 aliphatic rings. The SMILES string of the molecule is C=CCS(=O)(=O)C1(F)CCN(CCc2ccc(F)cc2)CC1.Fc1ccccc1. The van der Waals surface area contributed by atoms with E-state index >= 15 is 0 Å². The van der Waals surface area contributed by atoms with Crippen molar-refractivity contribution in [2.45, 2.75) is 24.3 Å². The van der Waals surface area contributed by atoms with Gasteiger partial charge in [0.1, 0.15) is 11.6 Å². The van der Waals surface area contributed by atoms with Crippen molar-refractivity contribution in [3.8, 4) is 0 Å². The number of sulfone groups is 1. The van der Waals surface area contributed by atoms with Gasteiger partial charge in [0.05, 0.1) is 5.75 Å². The average molecular weight is 426 g/mol. The molecule has 0 atom stereocenters. The molecule has 1 aliphatic heterocycles. The van der Waals surface area contributed by atoms with E-state index in [0.29, 0.717) is 19.6 Å². The van der Waals surface area contributed by atoms with Crippen molar-refractivity contribution >= 4 is 9.84 Å². The van der Waals surface area contributed by atoms with Crippen molar-refractivity contribution in [1.82, 2.24) is 4.90 Å². The van der Waals surface area contributed by atoms with E-state index in [1.54, 1.807) is 30.3 Å². The second-order valence-corrected chi connectivity index (χ2v) is 9.26. The summed E-state index contributed by atoms with van der Waals surface area (Å²) in [6.07, 6.45) is 1.95. The minimum absolute atomic E-state index is 0.00735. The van der Waals surface area contributed by atoms with Crippen LogP contribution in [-0.4, -0.2) is 43.7 Å². The van der Waals surface area contributed by atoms with Crippen LogP contribution in [0.1, 0.15) is 18.4 Å². The zero-order chi connectivity index (χ0) is 21.3. The summed E-state index contributed by atoms with van der Waals surface area (Å²) in [7, 11) is -3.78. The highest BCUT2D eigenvalue weighted by Crippen LogP contribution is 2.33. The highest BCUT2D eigenvalue weighted by molar-refractivity contribution is 7.92. The lowest BCUT2D eigenvalue weighted by atomic mass is 10.1. The molecular weight excluding hydrogens is 399 g/mol. The first kappa shape index (κ1) is 23.2. The molecule has 0 aromatic heterocycles. The number of halogens is 3. The van der Waals surface area contributed by atoms with Crippen LogP contribution in [0.3, 0.4) is 0 Å². The van der Waals surface area contributed by atoms with Gasteiger partial charge in [-0.05, 0) is 36.2 Å². The third-order valence-electron chi connectivity index (χ3n) is 4.86. The zero-order valence-corrected chi connectivity index (χ0v) is 17.1. The molecule has 3 nitrogen and oxygen atoms in total. The quantitative estimate of drug-likeness (QED) is 0.637. The predicted molar refractivity (Wildman–Crippen MR) is 110 cm³/mol. The van der Waals surface area contributed by atoms with E-state index in [0.717, 1.165) is 12.0 Å². The summed E-state index contributed by atoms with van der Waals surface area (Å²) < 4.78 is 63.2. The van der Waals surface area contributed by atoms with Gasteiger partial charge in [0.25, 0.3) is 0 Å². The summed E-state index contributed by atoms with van der Waals surface area (Å²) >= 11 is 0. The molecule has 1 heterocycles. The first-order valence-corrected chi connectivity index (χ1v) is 11.1. The van der Waals surface area contributed by atoms with E-state index in [2.05, 4.69) is 6.58 Å². The molecule has 0 aliphatic carbocycles. The minimum atomic E-state index is -3.78. The molecule has 2 aromatic rings. The van der Waals surface area contributed by atoms with Crippen LogP contribution < -0.4 is 0 Å². The molecule has 1 saturated heterocycles. The Morgan fingerprint density at radius 2 is 1.52 bits per heavy atom. The van der Waals surface area contributed by atoms with Crippen molar-refractivity contribution in [2.24, 2.45) is 0 Å². The smallest absolute Gasteiger partial charge is 0.213 e. The lowest BCUT2D eigenvalue weighted by Gasteiger charge is -2.35. The monoisotopic (exact) mass is 425 g/mol. The van der Waals surface area contributed by atoms with Gasteiger partial charge in [-0.1, -0.05) is 36.4 Å². The summed E-state index contributed by atoms with van der Waals surface area (Å²) in [5.74, 6) is -0.766. The van der Waals surface area contributed by atoms with Gasteiger partial charge in [-0.25, -0.2) is 21.6 Å². The first-order chi connectivity index (χ1) is 13.8. The molecule has 0 amide bonds. The molecule has 0 N–H and O–H groups in total. The summed E-state index contributed by atoms with van der Waals surface area (Å²) in [6.45, 7) is 4.91. The van der Waals surface area contributed by atoms with E-state index in [4.69, 9.17) is 0 Å². The van der Waals surface area contributed by atoms with Crippen LogP contribution in [0.25, 0.3) is 0 Å². The van der Waals surface area contributed by atoms with E-state index in [1.165, 1.54) is 30.3 Å². The second-order valence-electron chi connectivity index (χ2n) is 6.97. The van der Waals surface area contributed by atoms with Gasteiger partial charge in [0.15, 0.2) is 9.84 Å². The standard InChI is InChI=1S/C16H21F2NO2S.C6H5F/c1-2-13-22(20,21)16(18)8-11-19(12-9-16)10-7-14-3-5-15(17)6-4-14;7-6-4-2-1-3-5-6/h2-6H,1,7-13H2;1-5H. The van der Waals surface area contributed by atoms with Crippen molar-refractivity contribution in [3.05, 3.63) is 84.5 Å². The maximum atomic E-state index is 14.6. The third-order valence-corrected chi connectivity index (χ3v) is 7.06. The molecule has 7 heteroatoms. The maximum Gasteiger partial charge on any atom is 0.213 e. The van der Waals surface area contributed by atoms with Crippen LogP contribution >= 0.6 is 0 Å². The third kappa shape index (κ3) is 7.01. The minimum Gasteiger partial charge on any atom is -0.303 e. The molecule has 158 valence electrons. The zero-order valence-electron chi connectivity index (χ0n) is 16.2. The normalized spacial score (nSPS) is 16.5. The molecule has 1 fully saturated rings. The Balaban J connectivity index is 0.000000360. The van der Waals surface area contributed by atoms with Crippen molar-refractivity contribution in [3.63, 3.8) is 0 Å². The Kier molecular flexibility index (Phi) is 8.46. The molecule has 0 saturated carbocycles. The van der Waals surface area contributed by atoms with Gasteiger partial charge >= 0.3 is 0 Å². The summed E-state index contributed by atoms with van der Waals surface area (Å²) in [6, 6.07) is 14.2. The molecule has 0 spiro atoms. The van der Waals surface area contributed by atoms with E-state index in [1.807, 2.05) is 4.90 Å². The van der Waals surface area contributed by atoms with Gasteiger partial charge in [0.2, 0.25) is 5.00 Å². The number of alkyl halides is 1. The highest BCUT2D eigenvalue weighted by Gasteiger charge is 2.45. The second kappa shape index (κ2) is 10.6. The lowest BCUT2D eigenvalue weighted by molar-refractivity contribution is 0.121. The van der Waals surface area contributed by atoms with Crippen LogP contribution in [0.4, 0.5) is 13.2 Å². The van der Waals surface area contributed by atoms with Crippen LogP contribution in [0, 0.1) is 11.6 Å². The Hall–Kier alpha value is -2.12. The molecule has 0 bridgehead atoms. The van der Waals surface area contributed by atoms with Crippen LogP contribution in [0.5, 0.6) is 0 Å². The Labute approximate surface area is 170 Å². The fraction of sp³-hybridized carbons (Fsp3) is 0.364. The van der Waals surface area contributed by atoms with E-state index < -0.39 is 14.8 Å². The van der Waals surface area contributed by atoms with Crippen LogP contribution in [-0.2, 0) is 16.3 Å². The lowest BCUT2D eigenvalue weighted by Crippen LogP contribution is -2.47.